The van der Waals surface area contributed by atoms with E-state index in [-0.39, 0.29) is 11.8 Å². The number of amides is 1. The molecule has 1 atom stereocenters. The number of aromatic nitrogens is 4. The van der Waals surface area contributed by atoms with Crippen molar-refractivity contribution in [3.63, 3.8) is 0 Å². The van der Waals surface area contributed by atoms with Gasteiger partial charge in [0.2, 0.25) is 5.88 Å². The fourth-order valence-corrected chi connectivity index (χ4v) is 3.29. The third kappa shape index (κ3) is 4.79. The van der Waals surface area contributed by atoms with Gasteiger partial charge >= 0.3 is 6.18 Å². The van der Waals surface area contributed by atoms with E-state index in [1.54, 1.807) is 54.3 Å². The number of carbonyl (C=O) groups excluding carboxylic acids is 1. The average Bonchev–Trinajstić information content (AvgIpc) is 3.17. The summed E-state index contributed by atoms with van der Waals surface area (Å²) in [5.41, 5.74) is 2.94. The highest BCUT2D eigenvalue weighted by molar-refractivity contribution is 6.04. The summed E-state index contributed by atoms with van der Waals surface area (Å²) < 4.78 is 45.3. The second kappa shape index (κ2) is 8.53. The molecule has 0 saturated heterocycles. The molecule has 1 amide bonds. The molecule has 0 aliphatic carbocycles. The molecule has 7 nitrogen and oxygen atoms in total. The average molecular weight is 455 g/mol. The minimum atomic E-state index is -4.52. The molecular weight excluding hydrogens is 435 g/mol. The minimum absolute atomic E-state index is 0.191. The summed E-state index contributed by atoms with van der Waals surface area (Å²) in [5, 5.41) is 15.4. The van der Waals surface area contributed by atoms with Crippen LogP contribution in [0.5, 0.6) is 5.88 Å². The van der Waals surface area contributed by atoms with E-state index in [1.165, 1.54) is 6.20 Å². The molecule has 4 aromatic rings. The number of aryl methyl sites for hydroxylation is 2. The molecule has 170 valence electrons. The van der Waals surface area contributed by atoms with Crippen molar-refractivity contribution in [2.24, 2.45) is 7.05 Å². The van der Waals surface area contributed by atoms with Gasteiger partial charge in [-0.3, -0.25) is 9.48 Å². The van der Waals surface area contributed by atoms with Gasteiger partial charge in [-0.1, -0.05) is 12.1 Å². The first-order valence-corrected chi connectivity index (χ1v) is 10.0. The molecule has 0 unspecified atom stereocenters. The van der Waals surface area contributed by atoms with Crippen LogP contribution in [0.15, 0.2) is 54.9 Å². The Hall–Kier alpha value is -3.95. The minimum Gasteiger partial charge on any atom is -0.463 e. The highest BCUT2D eigenvalue weighted by Gasteiger charge is 2.38. The van der Waals surface area contributed by atoms with Crippen molar-refractivity contribution in [2.45, 2.75) is 26.1 Å². The third-order valence-electron chi connectivity index (χ3n) is 5.14. The lowest BCUT2D eigenvalue weighted by Gasteiger charge is -2.17. The smallest absolute Gasteiger partial charge is 0.425 e. The number of fused-ring (bicyclic) bond motifs is 1. The summed E-state index contributed by atoms with van der Waals surface area (Å²) in [6.07, 6.45) is -3.36. The van der Waals surface area contributed by atoms with Crippen LogP contribution in [-0.2, 0) is 7.05 Å². The Labute approximate surface area is 187 Å². The van der Waals surface area contributed by atoms with Crippen molar-refractivity contribution >= 4 is 22.5 Å². The zero-order valence-corrected chi connectivity index (χ0v) is 18.0. The van der Waals surface area contributed by atoms with E-state index in [4.69, 9.17) is 4.74 Å². The molecule has 4 rings (SSSR count). The highest BCUT2D eigenvalue weighted by Crippen LogP contribution is 2.32. The molecule has 2 aromatic heterocycles. The molecule has 0 saturated carbocycles. The van der Waals surface area contributed by atoms with Crippen molar-refractivity contribution < 1.29 is 22.7 Å². The number of halogens is 3. The van der Waals surface area contributed by atoms with Crippen molar-refractivity contribution in [3.05, 3.63) is 66.0 Å². The first kappa shape index (κ1) is 22.3. The monoisotopic (exact) mass is 455 g/mol. The molecule has 0 spiro atoms. The van der Waals surface area contributed by atoms with Gasteiger partial charge in [-0.15, -0.1) is 5.10 Å². The van der Waals surface area contributed by atoms with Gasteiger partial charge in [-0.25, -0.2) is 0 Å². The fraction of sp³-hybridized carbons (Fsp3) is 0.217. The molecule has 0 bridgehead atoms. The molecule has 10 heteroatoms. The van der Waals surface area contributed by atoms with Crippen LogP contribution in [-0.4, -0.2) is 38.2 Å². The van der Waals surface area contributed by atoms with E-state index < -0.39 is 12.3 Å². The third-order valence-corrected chi connectivity index (χ3v) is 5.14. The molecule has 0 radical (unpaired) electrons. The van der Waals surface area contributed by atoms with E-state index >= 15 is 0 Å². The van der Waals surface area contributed by atoms with E-state index in [0.29, 0.717) is 22.2 Å². The quantitative estimate of drug-likeness (QED) is 0.462. The zero-order chi connectivity index (χ0) is 23.8. The summed E-state index contributed by atoms with van der Waals surface area (Å²) in [4.78, 5) is 12.7. The van der Waals surface area contributed by atoms with Crippen LogP contribution in [0.3, 0.4) is 0 Å². The Bertz CT molecular complexity index is 1330. The molecule has 33 heavy (non-hydrogen) atoms. The predicted octanol–water partition coefficient (Wildman–Crippen LogP) is 4.92. The van der Waals surface area contributed by atoms with Gasteiger partial charge in [0.05, 0.1) is 6.20 Å². The first-order valence-electron chi connectivity index (χ1n) is 10.0. The number of benzene rings is 2. The summed E-state index contributed by atoms with van der Waals surface area (Å²) in [5.74, 6) is -0.0583. The number of hydrogen-bond donors (Lipinski definition) is 1. The normalized spacial score (nSPS) is 12.5. The largest absolute Gasteiger partial charge is 0.463 e. The van der Waals surface area contributed by atoms with Gasteiger partial charge < -0.3 is 10.1 Å². The molecule has 2 heterocycles. The van der Waals surface area contributed by atoms with Crippen LogP contribution < -0.4 is 10.1 Å². The topological polar surface area (TPSA) is 81.9 Å². The number of anilines is 1. The second-order valence-corrected chi connectivity index (χ2v) is 7.61. The van der Waals surface area contributed by atoms with Gasteiger partial charge in [-0.2, -0.15) is 23.4 Å². The first-order chi connectivity index (χ1) is 15.6. The van der Waals surface area contributed by atoms with Crippen LogP contribution in [0.1, 0.15) is 22.8 Å². The Balaban J connectivity index is 1.66. The Morgan fingerprint density at radius 1 is 1.15 bits per heavy atom. The maximum atomic E-state index is 12.9. The highest BCUT2D eigenvalue weighted by atomic mass is 19.4. The van der Waals surface area contributed by atoms with Crippen LogP contribution in [0, 0.1) is 6.92 Å². The van der Waals surface area contributed by atoms with Crippen molar-refractivity contribution in [3.8, 4) is 17.0 Å². The number of nitrogens with one attached hydrogen (secondary N) is 1. The molecule has 1 N–H and O–H groups in total. The second-order valence-electron chi connectivity index (χ2n) is 7.61. The standard InChI is InChI=1S/C23H20F3N5O2/c1-13-4-5-16(21(32)28-20-8-9-31(3)30-20)11-19(13)15-6-7-18-17(10-15)12-27-29-22(18)33-14(2)23(24,25)26/h4-12,14H,1-3H3,(H,28,30,32)/t14-/m0/s1. The number of hydrogen-bond acceptors (Lipinski definition) is 5. The number of carbonyl (C=O) groups is 1. The van der Waals surface area contributed by atoms with Crippen molar-refractivity contribution in [2.75, 3.05) is 5.32 Å². The summed E-state index contributed by atoms with van der Waals surface area (Å²) >= 11 is 0. The van der Waals surface area contributed by atoms with Gasteiger partial charge in [0, 0.05) is 35.6 Å². The molecule has 0 fully saturated rings. The number of ether oxygens (including phenoxy) is 1. The van der Waals surface area contributed by atoms with Gasteiger partial charge in [-0.05, 0) is 54.8 Å². The molecular formula is C23H20F3N5O2. The van der Waals surface area contributed by atoms with Crippen LogP contribution in [0.2, 0.25) is 0 Å². The summed E-state index contributed by atoms with van der Waals surface area (Å²) in [7, 11) is 1.75. The lowest BCUT2D eigenvalue weighted by atomic mass is 9.96. The van der Waals surface area contributed by atoms with Crippen LogP contribution in [0.4, 0.5) is 19.0 Å². The summed E-state index contributed by atoms with van der Waals surface area (Å²) in [6, 6.07) is 12.2. The van der Waals surface area contributed by atoms with Gasteiger partial charge in [0.1, 0.15) is 0 Å². The van der Waals surface area contributed by atoms with Crippen molar-refractivity contribution in [1.82, 2.24) is 20.0 Å². The van der Waals surface area contributed by atoms with Crippen LogP contribution in [0.25, 0.3) is 21.9 Å². The Morgan fingerprint density at radius 2 is 1.94 bits per heavy atom. The van der Waals surface area contributed by atoms with E-state index in [9.17, 15) is 18.0 Å². The summed E-state index contributed by atoms with van der Waals surface area (Å²) in [6.45, 7) is 2.82. The van der Waals surface area contributed by atoms with Gasteiger partial charge in [0.25, 0.3) is 5.91 Å². The fourth-order valence-electron chi connectivity index (χ4n) is 3.29. The number of nitrogens with zero attached hydrogens (tertiary/aromatic N) is 4. The Kier molecular flexibility index (Phi) is 5.75. The number of alkyl halides is 3. The maximum Gasteiger partial charge on any atom is 0.425 e. The zero-order valence-electron chi connectivity index (χ0n) is 18.0. The van der Waals surface area contributed by atoms with E-state index in [1.807, 2.05) is 13.0 Å². The SMILES string of the molecule is Cc1ccc(C(=O)Nc2ccn(C)n2)cc1-c1ccc2c(O[C@@H](C)C(F)(F)F)nncc2c1. The maximum absolute atomic E-state index is 12.9. The van der Waals surface area contributed by atoms with E-state index in [0.717, 1.165) is 23.6 Å². The predicted molar refractivity (Wildman–Crippen MR) is 117 cm³/mol. The van der Waals surface area contributed by atoms with Gasteiger partial charge in [0.15, 0.2) is 11.9 Å². The number of rotatable bonds is 5. The lowest BCUT2D eigenvalue weighted by molar-refractivity contribution is -0.189. The lowest BCUT2D eigenvalue weighted by Crippen LogP contribution is -2.31. The van der Waals surface area contributed by atoms with Crippen molar-refractivity contribution in [1.29, 1.82) is 0 Å². The Morgan fingerprint density at radius 3 is 2.64 bits per heavy atom. The van der Waals surface area contributed by atoms with Crippen LogP contribution >= 0.6 is 0 Å². The molecule has 0 aliphatic rings. The molecule has 2 aromatic carbocycles. The molecule has 0 aliphatic heterocycles. The van der Waals surface area contributed by atoms with E-state index in [2.05, 4.69) is 20.6 Å².